The Hall–Kier alpha value is -1.52. The number of fused-ring (bicyclic) bond motifs is 1. The average Bonchev–Trinajstić information content (AvgIpc) is 2.57. The first-order valence-corrected chi connectivity index (χ1v) is 5.96. The fourth-order valence-electron chi connectivity index (χ4n) is 2.06. The lowest BCUT2D eigenvalue weighted by atomic mass is 10.1. The Morgan fingerprint density at radius 3 is 2.72 bits per heavy atom. The van der Waals surface area contributed by atoms with Crippen LogP contribution in [0.1, 0.15) is 24.2 Å². The van der Waals surface area contributed by atoms with Crippen molar-refractivity contribution >= 4 is 28.5 Å². The minimum atomic E-state index is -0.930. The molecule has 5 heteroatoms. The predicted molar refractivity (Wildman–Crippen MR) is 70.0 cm³/mol. The lowest BCUT2D eigenvalue weighted by molar-refractivity contribution is -0.137. The first kappa shape index (κ1) is 12.9. The number of carboxylic acid groups (broad SMARTS) is 1. The van der Waals surface area contributed by atoms with Gasteiger partial charge in [0.15, 0.2) is 0 Å². The lowest BCUT2D eigenvalue weighted by Crippen LogP contribution is -2.07. The van der Waals surface area contributed by atoms with E-state index in [2.05, 4.69) is 0 Å². The molecule has 0 aliphatic heterocycles. The number of aliphatic hydroxyl groups excluding tert-OH is 1. The molecule has 0 aliphatic rings. The van der Waals surface area contributed by atoms with Gasteiger partial charge in [0, 0.05) is 22.2 Å². The SMILES string of the molecule is Cc1cc2c(C(C)O)cn(CC(=O)O)c2cc1Cl. The van der Waals surface area contributed by atoms with Gasteiger partial charge in [-0.2, -0.15) is 0 Å². The second-order valence-corrected chi connectivity index (χ2v) is 4.81. The Labute approximate surface area is 109 Å². The number of aryl methyl sites for hydroxylation is 1. The van der Waals surface area contributed by atoms with E-state index in [9.17, 15) is 9.90 Å². The third kappa shape index (κ3) is 2.21. The monoisotopic (exact) mass is 267 g/mol. The number of carbonyl (C=O) groups is 1. The van der Waals surface area contributed by atoms with Crippen molar-refractivity contribution < 1.29 is 15.0 Å². The molecule has 2 aromatic rings. The Bertz CT molecular complexity index is 616. The molecule has 96 valence electrons. The highest BCUT2D eigenvalue weighted by atomic mass is 35.5. The molecule has 0 amide bonds. The molecule has 4 nitrogen and oxygen atoms in total. The molecule has 0 bridgehead atoms. The number of carboxylic acids is 1. The Balaban J connectivity index is 2.72. The molecule has 0 saturated heterocycles. The summed E-state index contributed by atoms with van der Waals surface area (Å²) in [5.41, 5.74) is 2.34. The highest BCUT2D eigenvalue weighted by Gasteiger charge is 2.15. The van der Waals surface area contributed by atoms with Crippen molar-refractivity contribution in [3.63, 3.8) is 0 Å². The third-order valence-corrected chi connectivity index (χ3v) is 3.36. The maximum Gasteiger partial charge on any atom is 0.323 e. The van der Waals surface area contributed by atoms with Crippen molar-refractivity contribution in [1.82, 2.24) is 4.57 Å². The van der Waals surface area contributed by atoms with Gasteiger partial charge >= 0.3 is 5.97 Å². The molecule has 0 spiro atoms. The van der Waals surface area contributed by atoms with Crippen molar-refractivity contribution in [3.8, 4) is 0 Å². The van der Waals surface area contributed by atoms with E-state index in [0.717, 1.165) is 16.5 Å². The highest BCUT2D eigenvalue weighted by Crippen LogP contribution is 2.30. The van der Waals surface area contributed by atoms with Crippen LogP contribution in [0.4, 0.5) is 0 Å². The van der Waals surface area contributed by atoms with Crippen LogP contribution in [0.15, 0.2) is 18.3 Å². The number of aliphatic hydroxyl groups is 1. The summed E-state index contributed by atoms with van der Waals surface area (Å²) >= 11 is 6.06. The number of halogens is 1. The molecule has 0 fully saturated rings. The van der Waals surface area contributed by atoms with Crippen LogP contribution in [0.3, 0.4) is 0 Å². The second-order valence-electron chi connectivity index (χ2n) is 4.40. The van der Waals surface area contributed by atoms with Gasteiger partial charge in [0.1, 0.15) is 6.54 Å². The van der Waals surface area contributed by atoms with Gasteiger partial charge in [-0.1, -0.05) is 11.6 Å². The van der Waals surface area contributed by atoms with E-state index in [0.29, 0.717) is 10.6 Å². The minimum Gasteiger partial charge on any atom is -0.480 e. The summed E-state index contributed by atoms with van der Waals surface area (Å²) in [5, 5.41) is 20.0. The maximum absolute atomic E-state index is 10.8. The molecule has 0 saturated carbocycles. The Kier molecular flexibility index (Phi) is 3.32. The van der Waals surface area contributed by atoms with E-state index < -0.39 is 12.1 Å². The molecule has 1 unspecified atom stereocenters. The zero-order valence-electron chi connectivity index (χ0n) is 10.1. The van der Waals surface area contributed by atoms with E-state index >= 15 is 0 Å². The molecular weight excluding hydrogens is 254 g/mol. The van der Waals surface area contributed by atoms with Gasteiger partial charge in [-0.25, -0.2) is 0 Å². The van der Waals surface area contributed by atoms with E-state index in [-0.39, 0.29) is 6.54 Å². The number of nitrogens with zero attached hydrogens (tertiary/aromatic N) is 1. The van der Waals surface area contributed by atoms with Crippen molar-refractivity contribution in [2.24, 2.45) is 0 Å². The standard InChI is InChI=1S/C13H14ClNO3/c1-7-3-9-10(8(2)16)5-15(6-13(17)18)12(9)4-11(7)14/h3-5,8,16H,6H2,1-2H3,(H,17,18). The zero-order valence-corrected chi connectivity index (χ0v) is 10.9. The first-order chi connectivity index (χ1) is 8.40. The van der Waals surface area contributed by atoms with Crippen molar-refractivity contribution in [2.75, 3.05) is 0 Å². The summed E-state index contributed by atoms with van der Waals surface area (Å²) < 4.78 is 1.59. The van der Waals surface area contributed by atoms with E-state index in [1.807, 2.05) is 13.0 Å². The Morgan fingerprint density at radius 1 is 1.50 bits per heavy atom. The number of hydrogen-bond donors (Lipinski definition) is 2. The summed E-state index contributed by atoms with van der Waals surface area (Å²) in [6.45, 7) is 3.38. The molecule has 1 heterocycles. The van der Waals surface area contributed by atoms with Gasteiger partial charge < -0.3 is 14.8 Å². The maximum atomic E-state index is 10.8. The van der Waals surface area contributed by atoms with Gasteiger partial charge in [0.05, 0.1) is 11.6 Å². The molecule has 2 N–H and O–H groups in total. The highest BCUT2D eigenvalue weighted by molar-refractivity contribution is 6.32. The summed E-state index contributed by atoms with van der Waals surface area (Å²) in [5.74, 6) is -0.930. The van der Waals surface area contributed by atoms with Crippen LogP contribution in [0.25, 0.3) is 10.9 Å². The molecule has 0 radical (unpaired) electrons. The van der Waals surface area contributed by atoms with Crippen LogP contribution in [-0.4, -0.2) is 20.7 Å². The van der Waals surface area contributed by atoms with Gasteiger partial charge in [0.25, 0.3) is 0 Å². The zero-order chi connectivity index (χ0) is 13.4. The second kappa shape index (κ2) is 4.63. The quantitative estimate of drug-likeness (QED) is 0.899. The summed E-state index contributed by atoms with van der Waals surface area (Å²) in [7, 11) is 0. The molecule has 1 atom stereocenters. The number of aromatic nitrogens is 1. The first-order valence-electron chi connectivity index (χ1n) is 5.59. The van der Waals surface area contributed by atoms with Crippen LogP contribution < -0.4 is 0 Å². The van der Waals surface area contributed by atoms with Gasteiger partial charge in [-0.05, 0) is 31.5 Å². The fraction of sp³-hybridized carbons (Fsp3) is 0.308. The van der Waals surface area contributed by atoms with Crippen LogP contribution in [0.2, 0.25) is 5.02 Å². The molecule has 1 aromatic carbocycles. The van der Waals surface area contributed by atoms with Crippen LogP contribution in [0.5, 0.6) is 0 Å². The summed E-state index contributed by atoms with van der Waals surface area (Å²) in [6, 6.07) is 3.61. The summed E-state index contributed by atoms with van der Waals surface area (Å²) in [4.78, 5) is 10.8. The van der Waals surface area contributed by atoms with E-state index in [4.69, 9.17) is 16.7 Å². The van der Waals surface area contributed by atoms with Crippen molar-refractivity contribution in [1.29, 1.82) is 0 Å². The molecule has 0 aliphatic carbocycles. The normalized spacial score (nSPS) is 12.9. The number of rotatable bonds is 3. The summed E-state index contributed by atoms with van der Waals surface area (Å²) in [6.07, 6.45) is 1.02. The lowest BCUT2D eigenvalue weighted by Gasteiger charge is -2.04. The largest absolute Gasteiger partial charge is 0.480 e. The number of hydrogen-bond acceptors (Lipinski definition) is 2. The number of aliphatic carboxylic acids is 1. The smallest absolute Gasteiger partial charge is 0.323 e. The van der Waals surface area contributed by atoms with E-state index in [1.54, 1.807) is 23.8 Å². The van der Waals surface area contributed by atoms with Crippen molar-refractivity contribution in [2.45, 2.75) is 26.5 Å². The topological polar surface area (TPSA) is 62.5 Å². The van der Waals surface area contributed by atoms with Crippen LogP contribution in [-0.2, 0) is 11.3 Å². The van der Waals surface area contributed by atoms with Crippen molar-refractivity contribution in [3.05, 3.63) is 34.5 Å². The predicted octanol–water partition coefficient (Wildman–Crippen LogP) is 2.74. The molecular formula is C13H14ClNO3. The average molecular weight is 268 g/mol. The fourth-order valence-corrected chi connectivity index (χ4v) is 2.21. The minimum absolute atomic E-state index is 0.150. The van der Waals surface area contributed by atoms with Crippen LogP contribution in [0, 0.1) is 6.92 Å². The molecule has 18 heavy (non-hydrogen) atoms. The third-order valence-electron chi connectivity index (χ3n) is 2.95. The van der Waals surface area contributed by atoms with Gasteiger partial charge in [-0.3, -0.25) is 4.79 Å². The molecule has 2 rings (SSSR count). The Morgan fingerprint density at radius 2 is 2.17 bits per heavy atom. The van der Waals surface area contributed by atoms with Crippen LogP contribution >= 0.6 is 11.6 Å². The van der Waals surface area contributed by atoms with Gasteiger partial charge in [-0.15, -0.1) is 0 Å². The molecule has 1 aromatic heterocycles. The van der Waals surface area contributed by atoms with Gasteiger partial charge in [0.2, 0.25) is 0 Å². The number of benzene rings is 1. The van der Waals surface area contributed by atoms with E-state index in [1.165, 1.54) is 0 Å².